The van der Waals surface area contributed by atoms with Crippen molar-refractivity contribution in [2.75, 3.05) is 13.1 Å². The number of aromatic hydroxyl groups is 1. The van der Waals surface area contributed by atoms with Gasteiger partial charge in [0.05, 0.1) is 6.54 Å². The molecule has 0 aromatic heterocycles. The number of phenols is 1. The lowest BCUT2D eigenvalue weighted by Crippen LogP contribution is -2.44. The van der Waals surface area contributed by atoms with Crippen LogP contribution in [0.3, 0.4) is 0 Å². The number of ether oxygens (including phenoxy) is 1. The summed E-state index contributed by atoms with van der Waals surface area (Å²) in [7, 11) is 0. The second-order valence-corrected chi connectivity index (χ2v) is 5.68. The van der Waals surface area contributed by atoms with Crippen molar-refractivity contribution in [3.63, 3.8) is 0 Å². The van der Waals surface area contributed by atoms with Crippen LogP contribution < -0.4 is 11.5 Å². The van der Waals surface area contributed by atoms with Gasteiger partial charge in [0.2, 0.25) is 0 Å². The first-order valence-electron chi connectivity index (χ1n) is 7.87. The normalized spacial score (nSPS) is 18.6. The van der Waals surface area contributed by atoms with Gasteiger partial charge in [-0.2, -0.15) is 0 Å². The van der Waals surface area contributed by atoms with Crippen molar-refractivity contribution in [3.05, 3.63) is 29.8 Å². The van der Waals surface area contributed by atoms with E-state index in [1.807, 2.05) is 0 Å². The third-order valence-corrected chi connectivity index (χ3v) is 3.76. The smallest absolute Gasteiger partial charge is 0.342 e. The average Bonchev–Trinajstić information content (AvgIpc) is 3.04. The molecule has 0 spiro atoms. The van der Waals surface area contributed by atoms with Crippen molar-refractivity contribution < 1.29 is 29.1 Å². The number of hydrogen-bond donors (Lipinski definition) is 3. The Kier molecular flexibility index (Phi) is 6.45. The molecule has 1 heterocycles. The zero-order valence-corrected chi connectivity index (χ0v) is 13.6. The molecule has 1 aromatic carbocycles. The lowest BCUT2D eigenvalue weighted by atomic mass is 10.1. The summed E-state index contributed by atoms with van der Waals surface area (Å²) in [6.07, 6.45) is 1.22. The Labute approximate surface area is 144 Å². The second-order valence-electron chi connectivity index (χ2n) is 5.68. The number of nitrogens with zero attached hydrogens (tertiary/aromatic N) is 1. The molecule has 1 aliphatic rings. The molecule has 136 valence electrons. The Bertz CT molecular complexity index is 633. The second kappa shape index (κ2) is 8.56. The Morgan fingerprint density at radius 3 is 2.60 bits per heavy atom. The molecule has 25 heavy (non-hydrogen) atoms. The Balaban J connectivity index is 1.90. The zero-order chi connectivity index (χ0) is 18.4. The van der Waals surface area contributed by atoms with Crippen LogP contribution in [0.2, 0.25) is 0 Å². The van der Waals surface area contributed by atoms with Gasteiger partial charge in [-0.15, -0.1) is 5.06 Å². The largest absolute Gasteiger partial charge is 0.508 e. The minimum absolute atomic E-state index is 0.116. The van der Waals surface area contributed by atoms with Gasteiger partial charge in [-0.3, -0.25) is 4.79 Å². The van der Waals surface area contributed by atoms with Crippen LogP contribution >= 0.6 is 0 Å². The highest BCUT2D eigenvalue weighted by Gasteiger charge is 2.36. The van der Waals surface area contributed by atoms with Gasteiger partial charge in [0.15, 0.2) is 0 Å². The van der Waals surface area contributed by atoms with Crippen LogP contribution in [0.1, 0.15) is 18.4 Å². The summed E-state index contributed by atoms with van der Waals surface area (Å²) in [5.41, 5.74) is 11.7. The molecular formula is C16H21N3O6. The fourth-order valence-corrected chi connectivity index (χ4v) is 2.46. The first-order valence-corrected chi connectivity index (χ1v) is 7.87. The van der Waals surface area contributed by atoms with Crippen molar-refractivity contribution in [2.45, 2.75) is 31.3 Å². The molecule has 0 radical (unpaired) electrons. The van der Waals surface area contributed by atoms with Crippen LogP contribution in [0, 0.1) is 0 Å². The first-order chi connectivity index (χ1) is 11.9. The molecule has 0 unspecified atom stereocenters. The fourth-order valence-electron chi connectivity index (χ4n) is 2.46. The SMILES string of the molecule is NCC(=O)OC(=O)[C@@H]1CCCN1OC(=O)[C@@H](N)Cc1ccc(O)cc1. The van der Waals surface area contributed by atoms with Gasteiger partial charge in [0, 0.05) is 6.54 Å². The van der Waals surface area contributed by atoms with Crippen molar-refractivity contribution in [2.24, 2.45) is 11.5 Å². The highest BCUT2D eigenvalue weighted by atomic mass is 16.7. The van der Waals surface area contributed by atoms with Crippen molar-refractivity contribution in [3.8, 4) is 5.75 Å². The van der Waals surface area contributed by atoms with E-state index in [2.05, 4.69) is 4.74 Å². The summed E-state index contributed by atoms with van der Waals surface area (Å²) in [6.45, 7) is -0.0655. The molecule has 0 saturated carbocycles. The highest BCUT2D eigenvalue weighted by molar-refractivity contribution is 5.89. The summed E-state index contributed by atoms with van der Waals surface area (Å²) in [5, 5.41) is 10.4. The lowest BCUT2D eigenvalue weighted by molar-refractivity contribution is -0.202. The quantitative estimate of drug-likeness (QED) is 0.443. The molecule has 0 amide bonds. The van der Waals surface area contributed by atoms with Crippen molar-refractivity contribution in [1.82, 2.24) is 5.06 Å². The van der Waals surface area contributed by atoms with E-state index < -0.39 is 36.5 Å². The van der Waals surface area contributed by atoms with Gasteiger partial charge in [-0.25, -0.2) is 9.59 Å². The molecule has 9 heteroatoms. The molecule has 5 N–H and O–H groups in total. The van der Waals surface area contributed by atoms with E-state index in [0.29, 0.717) is 19.4 Å². The molecule has 0 bridgehead atoms. The fraction of sp³-hybridized carbons (Fsp3) is 0.438. The predicted molar refractivity (Wildman–Crippen MR) is 85.8 cm³/mol. The number of carbonyl (C=O) groups excluding carboxylic acids is 3. The number of benzene rings is 1. The average molecular weight is 351 g/mol. The maximum absolute atomic E-state index is 12.1. The monoisotopic (exact) mass is 351 g/mol. The van der Waals surface area contributed by atoms with E-state index in [9.17, 15) is 19.5 Å². The maximum Gasteiger partial charge on any atom is 0.342 e. The minimum atomic E-state index is -0.938. The molecular weight excluding hydrogens is 330 g/mol. The molecule has 2 atom stereocenters. The lowest BCUT2D eigenvalue weighted by Gasteiger charge is -2.22. The summed E-state index contributed by atoms with van der Waals surface area (Å²) in [6, 6.07) is 4.50. The van der Waals surface area contributed by atoms with Crippen molar-refractivity contribution in [1.29, 1.82) is 0 Å². The van der Waals surface area contributed by atoms with Crippen LogP contribution in [0.5, 0.6) is 5.75 Å². The van der Waals surface area contributed by atoms with Crippen LogP contribution in [0.25, 0.3) is 0 Å². The van der Waals surface area contributed by atoms with E-state index in [1.54, 1.807) is 12.1 Å². The molecule has 2 rings (SSSR count). The van der Waals surface area contributed by atoms with E-state index >= 15 is 0 Å². The predicted octanol–water partition coefficient (Wildman–Crippen LogP) is -0.787. The maximum atomic E-state index is 12.1. The number of nitrogens with two attached hydrogens (primary N) is 2. The number of esters is 2. The summed E-state index contributed by atoms with van der Waals surface area (Å²) in [4.78, 5) is 40.4. The van der Waals surface area contributed by atoms with E-state index in [1.165, 1.54) is 17.2 Å². The van der Waals surface area contributed by atoms with Gasteiger partial charge in [-0.1, -0.05) is 12.1 Å². The molecule has 1 fully saturated rings. The van der Waals surface area contributed by atoms with Crippen LogP contribution in [0.4, 0.5) is 0 Å². The number of phenolic OH excluding ortho intramolecular Hbond substituents is 1. The van der Waals surface area contributed by atoms with Crippen LogP contribution in [-0.2, 0) is 30.4 Å². The Hall–Kier alpha value is -2.49. The van der Waals surface area contributed by atoms with Crippen molar-refractivity contribution >= 4 is 17.9 Å². The Morgan fingerprint density at radius 1 is 1.28 bits per heavy atom. The number of rotatable bonds is 6. The molecule has 9 nitrogen and oxygen atoms in total. The molecule has 1 saturated heterocycles. The van der Waals surface area contributed by atoms with Gasteiger partial charge in [0.1, 0.15) is 17.8 Å². The summed E-state index contributed by atoms with van der Waals surface area (Å²) >= 11 is 0. The topological polar surface area (TPSA) is 145 Å². The highest BCUT2D eigenvalue weighted by Crippen LogP contribution is 2.20. The zero-order valence-electron chi connectivity index (χ0n) is 13.6. The third kappa shape index (κ3) is 5.24. The Morgan fingerprint density at radius 2 is 1.96 bits per heavy atom. The van der Waals surface area contributed by atoms with Gasteiger partial charge in [0.25, 0.3) is 0 Å². The molecule has 0 aliphatic carbocycles. The summed E-state index contributed by atoms with van der Waals surface area (Å²) < 4.78 is 4.57. The van der Waals surface area contributed by atoms with Gasteiger partial charge < -0.3 is 26.1 Å². The van der Waals surface area contributed by atoms with Gasteiger partial charge in [-0.05, 0) is 37.0 Å². The minimum Gasteiger partial charge on any atom is -0.508 e. The standard InChI is InChI=1S/C16H21N3O6/c17-9-14(21)24-16(23)13-2-1-7-19(13)25-15(22)12(18)8-10-3-5-11(20)6-4-10/h3-6,12-13,20H,1-2,7-9,17-18H2/t12-,13-/m0/s1. The first kappa shape index (κ1) is 18.8. The molecule has 1 aliphatic heterocycles. The van der Waals surface area contributed by atoms with E-state index in [4.69, 9.17) is 16.3 Å². The van der Waals surface area contributed by atoms with E-state index in [0.717, 1.165) is 5.56 Å². The van der Waals surface area contributed by atoms with E-state index in [-0.39, 0.29) is 12.2 Å². The molecule has 1 aromatic rings. The van der Waals surface area contributed by atoms with Crippen LogP contribution in [-0.4, -0.2) is 53.3 Å². The third-order valence-electron chi connectivity index (χ3n) is 3.76. The number of carbonyl (C=O) groups is 3. The summed E-state index contributed by atoms with van der Waals surface area (Å²) in [5.74, 6) is -2.22. The number of hydrogen-bond acceptors (Lipinski definition) is 9. The number of hydroxylamine groups is 2. The van der Waals surface area contributed by atoms with Crippen LogP contribution in [0.15, 0.2) is 24.3 Å². The van der Waals surface area contributed by atoms with Gasteiger partial charge >= 0.3 is 17.9 Å².